The maximum Gasteiger partial charge on any atom is 0.256 e. The molecule has 0 unspecified atom stereocenters. The Morgan fingerprint density at radius 3 is 2.63 bits per heavy atom. The lowest BCUT2D eigenvalue weighted by Crippen LogP contribution is -2.26. The van der Waals surface area contributed by atoms with E-state index in [1.807, 2.05) is 0 Å². The number of sulfonamides is 1. The predicted octanol–water partition coefficient (Wildman–Crippen LogP) is 3.38. The number of amides is 1. The Labute approximate surface area is 173 Å². The molecule has 2 aromatic carbocycles. The molecular formula is C21H20FN3O4S. The Kier molecular flexibility index (Phi) is 5.17. The Morgan fingerprint density at radius 2 is 1.93 bits per heavy atom. The minimum absolute atomic E-state index is 0.0309. The number of halogens is 1. The number of carbonyl (C=O) groups excluding carboxylic acids is 1. The van der Waals surface area contributed by atoms with Crippen molar-refractivity contribution in [2.45, 2.75) is 30.7 Å². The number of hydrogen-bond acceptors (Lipinski definition) is 5. The van der Waals surface area contributed by atoms with Crippen molar-refractivity contribution in [1.29, 1.82) is 0 Å². The number of aryl methyl sites for hydroxylation is 1. The van der Waals surface area contributed by atoms with Gasteiger partial charge in [0.15, 0.2) is 0 Å². The number of pyridine rings is 1. The Morgan fingerprint density at radius 1 is 1.17 bits per heavy atom. The molecule has 0 atom stereocenters. The molecule has 2 N–H and O–H groups in total. The first-order valence-electron chi connectivity index (χ1n) is 9.35. The fourth-order valence-corrected chi connectivity index (χ4v) is 4.48. The van der Waals surface area contributed by atoms with E-state index in [1.54, 1.807) is 13.0 Å². The molecule has 1 aromatic heterocycles. The molecule has 1 aliphatic rings. The average molecular weight is 429 g/mol. The van der Waals surface area contributed by atoms with E-state index < -0.39 is 21.7 Å². The summed E-state index contributed by atoms with van der Waals surface area (Å²) >= 11 is 0. The molecule has 0 saturated heterocycles. The minimum Gasteiger partial charge on any atom is -0.495 e. The van der Waals surface area contributed by atoms with Gasteiger partial charge < -0.3 is 10.1 Å². The van der Waals surface area contributed by atoms with Crippen LogP contribution in [0.5, 0.6) is 5.75 Å². The molecule has 0 aliphatic heterocycles. The van der Waals surface area contributed by atoms with Crippen molar-refractivity contribution in [3.05, 3.63) is 59.5 Å². The van der Waals surface area contributed by atoms with Crippen LogP contribution in [0.15, 0.2) is 47.4 Å². The largest absolute Gasteiger partial charge is 0.495 e. The number of nitrogens with zero attached hydrogens (tertiary/aromatic N) is 1. The fraction of sp³-hybridized carbons (Fsp3) is 0.238. The summed E-state index contributed by atoms with van der Waals surface area (Å²) in [7, 11) is -2.27. The van der Waals surface area contributed by atoms with Crippen molar-refractivity contribution in [3.63, 3.8) is 0 Å². The van der Waals surface area contributed by atoms with Gasteiger partial charge in [0, 0.05) is 23.2 Å². The zero-order valence-electron chi connectivity index (χ0n) is 16.4. The molecule has 3 aromatic rings. The number of benzene rings is 2. The zero-order valence-corrected chi connectivity index (χ0v) is 17.2. The van der Waals surface area contributed by atoms with Gasteiger partial charge in [-0.05, 0) is 56.2 Å². The molecule has 1 amide bonds. The van der Waals surface area contributed by atoms with Crippen LogP contribution in [0.3, 0.4) is 0 Å². The van der Waals surface area contributed by atoms with E-state index in [2.05, 4.69) is 15.0 Å². The highest BCUT2D eigenvalue weighted by Crippen LogP contribution is 2.30. The fourth-order valence-electron chi connectivity index (χ4n) is 3.15. The zero-order chi connectivity index (χ0) is 21.5. The summed E-state index contributed by atoms with van der Waals surface area (Å²) < 4.78 is 46.5. The van der Waals surface area contributed by atoms with E-state index in [0.29, 0.717) is 27.9 Å². The van der Waals surface area contributed by atoms with Crippen LogP contribution in [0.2, 0.25) is 0 Å². The van der Waals surface area contributed by atoms with Gasteiger partial charge in [0.2, 0.25) is 10.0 Å². The maximum atomic E-state index is 13.6. The van der Waals surface area contributed by atoms with Crippen LogP contribution >= 0.6 is 0 Å². The molecule has 4 rings (SSSR count). The summed E-state index contributed by atoms with van der Waals surface area (Å²) in [5.41, 5.74) is 1.42. The van der Waals surface area contributed by atoms with Gasteiger partial charge in [0.1, 0.15) is 11.6 Å². The molecule has 1 fully saturated rings. The summed E-state index contributed by atoms with van der Waals surface area (Å²) in [4.78, 5) is 17.3. The van der Waals surface area contributed by atoms with Crippen LogP contribution in [-0.2, 0) is 10.0 Å². The standard InChI is InChI=1S/C21H20FN3O4S/c1-12-9-17(16-7-3-13(22)10-18(16)23-12)21(26)24-19-11-15(6-8-20(19)29-2)30(27,28)25-14-4-5-14/h3,6-11,14,25H,4-5H2,1-2H3,(H,24,26). The van der Waals surface area contributed by atoms with Crippen LogP contribution in [0, 0.1) is 12.7 Å². The van der Waals surface area contributed by atoms with Crippen LogP contribution in [-0.4, -0.2) is 32.5 Å². The first-order valence-corrected chi connectivity index (χ1v) is 10.8. The Balaban J connectivity index is 1.71. The quantitative estimate of drug-likeness (QED) is 0.626. The summed E-state index contributed by atoms with van der Waals surface area (Å²) in [6, 6.07) is 9.83. The second-order valence-electron chi connectivity index (χ2n) is 7.18. The molecule has 1 saturated carbocycles. The third-order valence-corrected chi connectivity index (χ3v) is 6.29. The van der Waals surface area contributed by atoms with Gasteiger partial charge in [-0.25, -0.2) is 17.5 Å². The topological polar surface area (TPSA) is 97.4 Å². The third-order valence-electron chi connectivity index (χ3n) is 4.77. The third kappa shape index (κ3) is 4.12. The van der Waals surface area contributed by atoms with Gasteiger partial charge in [-0.1, -0.05) is 0 Å². The number of rotatable bonds is 6. The second kappa shape index (κ2) is 7.66. The van der Waals surface area contributed by atoms with Crippen molar-refractivity contribution >= 4 is 32.5 Å². The molecule has 1 aliphatic carbocycles. The van der Waals surface area contributed by atoms with E-state index in [4.69, 9.17) is 4.74 Å². The number of anilines is 1. The molecule has 7 nitrogen and oxygen atoms in total. The first-order chi connectivity index (χ1) is 14.3. The highest BCUT2D eigenvalue weighted by Gasteiger charge is 2.28. The summed E-state index contributed by atoms with van der Waals surface area (Å²) in [5.74, 6) is -0.621. The number of fused-ring (bicyclic) bond motifs is 1. The van der Waals surface area contributed by atoms with Crippen molar-refractivity contribution < 1.29 is 22.3 Å². The molecule has 0 bridgehead atoms. The van der Waals surface area contributed by atoms with E-state index in [1.165, 1.54) is 43.5 Å². The summed E-state index contributed by atoms with van der Waals surface area (Å²) in [5, 5.41) is 3.20. The van der Waals surface area contributed by atoms with Crippen molar-refractivity contribution in [3.8, 4) is 5.75 Å². The lowest BCUT2D eigenvalue weighted by atomic mass is 10.1. The van der Waals surface area contributed by atoms with E-state index >= 15 is 0 Å². The van der Waals surface area contributed by atoms with Gasteiger partial charge >= 0.3 is 0 Å². The van der Waals surface area contributed by atoms with Crippen LogP contribution in [0.4, 0.5) is 10.1 Å². The van der Waals surface area contributed by atoms with Gasteiger partial charge in [-0.3, -0.25) is 9.78 Å². The first kappa shape index (κ1) is 20.2. The number of methoxy groups -OCH3 is 1. The molecule has 156 valence electrons. The maximum absolute atomic E-state index is 13.6. The highest BCUT2D eigenvalue weighted by molar-refractivity contribution is 7.89. The average Bonchev–Trinajstić information content (AvgIpc) is 3.50. The molecular weight excluding hydrogens is 409 g/mol. The van der Waals surface area contributed by atoms with Gasteiger partial charge in [-0.15, -0.1) is 0 Å². The van der Waals surface area contributed by atoms with Crippen LogP contribution in [0.25, 0.3) is 10.9 Å². The lowest BCUT2D eigenvalue weighted by Gasteiger charge is -2.14. The molecule has 9 heteroatoms. The van der Waals surface area contributed by atoms with Crippen LogP contribution < -0.4 is 14.8 Å². The normalized spacial score (nSPS) is 14.0. The van der Waals surface area contributed by atoms with E-state index in [-0.39, 0.29) is 16.6 Å². The predicted molar refractivity (Wildman–Crippen MR) is 111 cm³/mol. The number of ether oxygens (including phenoxy) is 1. The van der Waals surface area contributed by atoms with Crippen LogP contribution in [0.1, 0.15) is 28.9 Å². The number of hydrogen-bond donors (Lipinski definition) is 2. The molecule has 0 radical (unpaired) electrons. The summed E-state index contributed by atoms with van der Waals surface area (Å²) in [6.07, 6.45) is 1.63. The number of nitrogens with one attached hydrogen (secondary N) is 2. The number of carbonyl (C=O) groups is 1. The molecule has 0 spiro atoms. The van der Waals surface area contributed by atoms with Crippen molar-refractivity contribution in [1.82, 2.24) is 9.71 Å². The monoisotopic (exact) mass is 429 g/mol. The molecule has 1 heterocycles. The smallest absolute Gasteiger partial charge is 0.256 e. The van der Waals surface area contributed by atoms with Crippen molar-refractivity contribution in [2.75, 3.05) is 12.4 Å². The lowest BCUT2D eigenvalue weighted by molar-refractivity contribution is 0.102. The second-order valence-corrected chi connectivity index (χ2v) is 8.90. The highest BCUT2D eigenvalue weighted by atomic mass is 32.2. The minimum atomic E-state index is -3.70. The van der Waals surface area contributed by atoms with E-state index in [0.717, 1.165) is 12.8 Å². The van der Waals surface area contributed by atoms with Gasteiger partial charge in [-0.2, -0.15) is 0 Å². The number of aromatic nitrogens is 1. The van der Waals surface area contributed by atoms with E-state index in [9.17, 15) is 17.6 Å². The SMILES string of the molecule is COc1ccc(S(=O)(=O)NC2CC2)cc1NC(=O)c1cc(C)nc2cc(F)ccc12. The van der Waals surface area contributed by atoms with Crippen molar-refractivity contribution in [2.24, 2.45) is 0 Å². The molecule has 30 heavy (non-hydrogen) atoms. The van der Waals surface area contributed by atoms with Gasteiger partial charge in [0.25, 0.3) is 5.91 Å². The Hall–Kier alpha value is -3.04. The Bertz CT molecular complexity index is 1250. The van der Waals surface area contributed by atoms with Gasteiger partial charge in [0.05, 0.1) is 28.8 Å². The summed E-state index contributed by atoms with van der Waals surface area (Å²) in [6.45, 7) is 1.71.